The van der Waals surface area contributed by atoms with Gasteiger partial charge < -0.3 is 9.47 Å². The molecule has 2 aromatic carbocycles. The SMILES string of the molecule is Cc1cc(C(=O)N(C)C)cc2c1cc(Cc1c(Cl)ccc(C=O)c1Cl)n2C. The van der Waals surface area contributed by atoms with E-state index in [1.54, 1.807) is 31.1 Å². The molecule has 0 spiro atoms. The van der Waals surface area contributed by atoms with Crippen LogP contribution < -0.4 is 0 Å². The van der Waals surface area contributed by atoms with E-state index in [1.165, 1.54) is 0 Å². The number of rotatable bonds is 4. The van der Waals surface area contributed by atoms with E-state index in [-0.39, 0.29) is 5.91 Å². The lowest BCUT2D eigenvalue weighted by molar-refractivity contribution is 0.0827. The first-order chi connectivity index (χ1) is 12.7. The van der Waals surface area contributed by atoms with Crippen molar-refractivity contribution in [1.29, 1.82) is 0 Å². The highest BCUT2D eigenvalue weighted by Gasteiger charge is 2.17. The average molecular weight is 403 g/mol. The van der Waals surface area contributed by atoms with Gasteiger partial charge in [-0.25, -0.2) is 0 Å². The zero-order valence-electron chi connectivity index (χ0n) is 15.6. The van der Waals surface area contributed by atoms with Crippen molar-refractivity contribution in [3.8, 4) is 0 Å². The molecule has 3 aromatic rings. The van der Waals surface area contributed by atoms with E-state index in [1.807, 2.05) is 30.7 Å². The summed E-state index contributed by atoms with van der Waals surface area (Å²) in [6, 6.07) is 9.19. The number of hydrogen-bond acceptors (Lipinski definition) is 2. The summed E-state index contributed by atoms with van der Waals surface area (Å²) >= 11 is 12.7. The second-order valence-corrected chi connectivity index (χ2v) is 7.63. The van der Waals surface area contributed by atoms with Crippen LogP contribution in [0.15, 0.2) is 30.3 Å². The average Bonchev–Trinajstić information content (AvgIpc) is 2.94. The molecule has 0 saturated carbocycles. The smallest absolute Gasteiger partial charge is 0.253 e. The van der Waals surface area contributed by atoms with Gasteiger partial charge in [0, 0.05) is 60.3 Å². The Labute approximate surface area is 168 Å². The Morgan fingerprint density at radius 2 is 1.89 bits per heavy atom. The molecule has 0 aliphatic carbocycles. The van der Waals surface area contributed by atoms with Crippen LogP contribution in [0.3, 0.4) is 0 Å². The van der Waals surface area contributed by atoms with Crippen LogP contribution in [0.1, 0.15) is 37.5 Å². The maximum atomic E-state index is 12.4. The first kappa shape index (κ1) is 19.5. The minimum atomic E-state index is -0.0347. The monoisotopic (exact) mass is 402 g/mol. The number of aldehydes is 1. The molecule has 3 rings (SSSR count). The Balaban J connectivity index is 2.12. The number of carbonyl (C=O) groups is 2. The summed E-state index contributed by atoms with van der Waals surface area (Å²) in [5.41, 5.74) is 4.78. The van der Waals surface area contributed by atoms with Crippen molar-refractivity contribution in [2.75, 3.05) is 14.1 Å². The molecule has 0 fully saturated rings. The predicted octanol–water partition coefficient (Wildman–Crippen LogP) is 4.90. The molecule has 140 valence electrons. The van der Waals surface area contributed by atoms with Gasteiger partial charge in [0.05, 0.1) is 5.02 Å². The number of halogens is 2. The minimum absolute atomic E-state index is 0.0347. The number of amides is 1. The molecular weight excluding hydrogens is 383 g/mol. The molecule has 1 amide bonds. The van der Waals surface area contributed by atoms with Crippen molar-refractivity contribution >= 4 is 46.3 Å². The van der Waals surface area contributed by atoms with Crippen LogP contribution in [-0.4, -0.2) is 35.8 Å². The van der Waals surface area contributed by atoms with Crippen LogP contribution >= 0.6 is 23.2 Å². The molecule has 0 bridgehead atoms. The predicted molar refractivity (Wildman–Crippen MR) is 110 cm³/mol. The van der Waals surface area contributed by atoms with E-state index < -0.39 is 0 Å². The lowest BCUT2D eigenvalue weighted by Crippen LogP contribution is -2.21. The van der Waals surface area contributed by atoms with Crippen LogP contribution in [0.25, 0.3) is 10.9 Å². The van der Waals surface area contributed by atoms with Gasteiger partial charge in [-0.1, -0.05) is 23.2 Å². The highest BCUT2D eigenvalue weighted by Crippen LogP contribution is 2.32. The fourth-order valence-electron chi connectivity index (χ4n) is 3.26. The van der Waals surface area contributed by atoms with Gasteiger partial charge in [-0.05, 0) is 48.4 Å². The molecule has 4 nitrogen and oxygen atoms in total. The molecule has 0 N–H and O–H groups in total. The molecule has 6 heteroatoms. The van der Waals surface area contributed by atoms with Crippen molar-refractivity contribution in [2.45, 2.75) is 13.3 Å². The summed E-state index contributed by atoms with van der Waals surface area (Å²) in [4.78, 5) is 25.1. The molecule has 1 heterocycles. The summed E-state index contributed by atoms with van der Waals surface area (Å²) in [6.07, 6.45) is 1.22. The maximum Gasteiger partial charge on any atom is 0.253 e. The Kier molecular flexibility index (Phi) is 5.31. The highest BCUT2D eigenvalue weighted by atomic mass is 35.5. The van der Waals surface area contributed by atoms with Gasteiger partial charge >= 0.3 is 0 Å². The third-order valence-electron chi connectivity index (χ3n) is 4.82. The van der Waals surface area contributed by atoms with E-state index in [0.29, 0.717) is 27.6 Å². The Hall–Kier alpha value is -2.30. The summed E-state index contributed by atoms with van der Waals surface area (Å²) < 4.78 is 2.04. The van der Waals surface area contributed by atoms with Gasteiger partial charge in [0.2, 0.25) is 0 Å². The quantitative estimate of drug-likeness (QED) is 0.582. The fraction of sp³-hybridized carbons (Fsp3) is 0.238. The molecule has 0 aliphatic rings. The van der Waals surface area contributed by atoms with Crippen LogP contribution in [0.4, 0.5) is 0 Å². The van der Waals surface area contributed by atoms with Gasteiger partial charge in [0.1, 0.15) is 0 Å². The maximum absolute atomic E-state index is 12.4. The second-order valence-electron chi connectivity index (χ2n) is 6.84. The van der Waals surface area contributed by atoms with Crippen molar-refractivity contribution in [1.82, 2.24) is 9.47 Å². The van der Waals surface area contributed by atoms with E-state index in [4.69, 9.17) is 23.2 Å². The van der Waals surface area contributed by atoms with Gasteiger partial charge in [-0.15, -0.1) is 0 Å². The van der Waals surface area contributed by atoms with Gasteiger partial charge in [0.15, 0.2) is 6.29 Å². The van der Waals surface area contributed by atoms with Gasteiger partial charge in [0.25, 0.3) is 5.91 Å². The van der Waals surface area contributed by atoms with E-state index in [0.717, 1.165) is 34.0 Å². The number of benzene rings is 2. The minimum Gasteiger partial charge on any atom is -0.347 e. The Bertz CT molecular complexity index is 1070. The zero-order chi connectivity index (χ0) is 19.9. The molecule has 27 heavy (non-hydrogen) atoms. The number of hydrogen-bond donors (Lipinski definition) is 0. The van der Waals surface area contributed by atoms with Crippen molar-refractivity contribution < 1.29 is 9.59 Å². The molecule has 0 saturated heterocycles. The van der Waals surface area contributed by atoms with Crippen molar-refractivity contribution in [3.63, 3.8) is 0 Å². The number of fused-ring (bicyclic) bond motifs is 1. The molecule has 1 aromatic heterocycles. The molecular formula is C21H20Cl2N2O2. The molecule has 0 radical (unpaired) electrons. The van der Waals surface area contributed by atoms with Crippen LogP contribution in [0, 0.1) is 6.92 Å². The molecule has 0 atom stereocenters. The number of aryl methyl sites for hydroxylation is 2. The third kappa shape index (κ3) is 3.47. The lowest BCUT2D eigenvalue weighted by Gasteiger charge is -2.12. The van der Waals surface area contributed by atoms with E-state index >= 15 is 0 Å². The topological polar surface area (TPSA) is 42.3 Å². The number of nitrogens with zero attached hydrogens (tertiary/aromatic N) is 2. The van der Waals surface area contributed by atoms with Gasteiger partial charge in [-0.2, -0.15) is 0 Å². The van der Waals surface area contributed by atoms with E-state index in [9.17, 15) is 9.59 Å². The number of aromatic nitrogens is 1. The largest absolute Gasteiger partial charge is 0.347 e. The second kappa shape index (κ2) is 7.37. The summed E-state index contributed by atoms with van der Waals surface area (Å²) in [5, 5.41) is 1.97. The highest BCUT2D eigenvalue weighted by molar-refractivity contribution is 6.37. The lowest BCUT2D eigenvalue weighted by atomic mass is 10.0. The number of carbonyl (C=O) groups excluding carboxylic acids is 2. The fourth-order valence-corrected chi connectivity index (χ4v) is 3.81. The standard InChI is InChI=1S/C21H20Cl2N2O2/c1-12-7-14(21(27)24(2)3)8-19-16(12)9-15(25(19)4)10-17-18(22)6-5-13(11-26)20(17)23/h5-9,11H,10H2,1-4H3. The Morgan fingerprint density at radius 3 is 2.52 bits per heavy atom. The first-order valence-electron chi connectivity index (χ1n) is 8.47. The first-order valence-corrected chi connectivity index (χ1v) is 9.22. The Morgan fingerprint density at radius 1 is 1.19 bits per heavy atom. The van der Waals surface area contributed by atoms with Gasteiger partial charge in [-0.3, -0.25) is 9.59 Å². The summed E-state index contributed by atoms with van der Waals surface area (Å²) in [5.74, 6) is -0.0347. The van der Waals surface area contributed by atoms with Crippen LogP contribution in [0.2, 0.25) is 10.0 Å². The van der Waals surface area contributed by atoms with Crippen molar-refractivity contribution in [3.05, 3.63) is 68.3 Å². The normalized spacial score (nSPS) is 11.0. The zero-order valence-corrected chi connectivity index (χ0v) is 17.1. The molecule has 0 aliphatic heterocycles. The van der Waals surface area contributed by atoms with Crippen LogP contribution in [-0.2, 0) is 13.5 Å². The molecule has 0 unspecified atom stereocenters. The summed E-state index contributed by atoms with van der Waals surface area (Å²) in [6.45, 7) is 1.99. The van der Waals surface area contributed by atoms with Crippen LogP contribution in [0.5, 0.6) is 0 Å². The summed E-state index contributed by atoms with van der Waals surface area (Å²) in [7, 11) is 5.43. The van der Waals surface area contributed by atoms with Crippen molar-refractivity contribution in [2.24, 2.45) is 7.05 Å². The van der Waals surface area contributed by atoms with E-state index in [2.05, 4.69) is 6.07 Å². The third-order valence-corrected chi connectivity index (χ3v) is 5.62.